The molecule has 0 amide bonds. The van der Waals surface area contributed by atoms with Gasteiger partial charge in [-0.05, 0) is 0 Å². The molecule has 0 aromatic carbocycles. The third-order valence-corrected chi connectivity index (χ3v) is 0.412. The monoisotopic (exact) mass is 110 g/mol. The van der Waals surface area contributed by atoms with E-state index in [1.54, 1.807) is 0 Å². The van der Waals surface area contributed by atoms with Crippen LogP contribution in [-0.2, 0) is 9.32 Å². The van der Waals surface area contributed by atoms with E-state index >= 15 is 0 Å². The fraction of sp³-hybridized carbons (Fsp3) is 0. The van der Waals surface area contributed by atoms with Crippen LogP contribution in [0.3, 0.4) is 0 Å². The Balaban J connectivity index is 2.81. The van der Waals surface area contributed by atoms with Crippen molar-refractivity contribution in [3.05, 3.63) is 0 Å². The van der Waals surface area contributed by atoms with Crippen molar-refractivity contribution in [1.29, 1.82) is 0 Å². The summed E-state index contributed by atoms with van der Waals surface area (Å²) in [5.41, 5.74) is 0. The van der Waals surface area contributed by atoms with E-state index in [1.165, 1.54) is 0 Å². The lowest BCUT2D eigenvalue weighted by molar-refractivity contribution is -0.121. The largest absolute Gasteiger partial charge is 0.397 e. The second-order valence-electron chi connectivity index (χ2n) is 0.454. The van der Waals surface area contributed by atoms with Crippen LogP contribution >= 0.6 is 8.60 Å². The first-order chi connectivity index (χ1) is 2.77. The molecule has 0 aliphatic rings. The third-order valence-electron chi connectivity index (χ3n) is 0.137. The van der Waals surface area contributed by atoms with Gasteiger partial charge in [-0.2, -0.15) is 0 Å². The second-order valence-corrected chi connectivity index (χ2v) is 1.17. The Morgan fingerprint density at radius 2 is 2.17 bits per heavy atom. The Morgan fingerprint density at radius 1 is 1.67 bits per heavy atom. The zero-order valence-electron chi connectivity index (χ0n) is 2.74. The van der Waals surface area contributed by atoms with E-state index in [4.69, 9.17) is 14.6 Å². The van der Waals surface area contributed by atoms with Gasteiger partial charge in [-0.1, -0.05) is 0 Å². The van der Waals surface area contributed by atoms with Gasteiger partial charge in [0, 0.05) is 0 Å². The van der Waals surface area contributed by atoms with Gasteiger partial charge < -0.3 is 14.3 Å². The number of hydrogen-bond acceptors (Lipinski definition) is 4. The molecular formula is CH3O4P. The molecule has 6 heavy (non-hydrogen) atoms. The number of carbonyl (C=O) groups excluding carboxylic acids is 1. The van der Waals surface area contributed by atoms with E-state index in [2.05, 4.69) is 4.52 Å². The Hall–Kier alpha value is -0.180. The fourth-order valence-electron chi connectivity index (χ4n) is 0.0385. The summed E-state index contributed by atoms with van der Waals surface area (Å²) in [7, 11) is -2.47. The molecule has 0 bridgehead atoms. The average Bonchev–Trinajstić information content (AvgIpc) is 1.35. The minimum Gasteiger partial charge on any atom is -0.397 e. The average molecular weight is 110 g/mol. The number of rotatable bonds is 2. The minimum atomic E-state index is -2.47. The van der Waals surface area contributed by atoms with Gasteiger partial charge in [0.1, 0.15) is 0 Å². The molecule has 0 radical (unpaired) electrons. The summed E-state index contributed by atoms with van der Waals surface area (Å²) in [5.74, 6) is 0. The van der Waals surface area contributed by atoms with Crippen LogP contribution in [0.1, 0.15) is 0 Å². The summed E-state index contributed by atoms with van der Waals surface area (Å²) in [6.07, 6.45) is 0. The lowest BCUT2D eigenvalue weighted by atomic mass is 11.7. The van der Waals surface area contributed by atoms with Gasteiger partial charge in [0.2, 0.25) is 0 Å². The first-order valence-electron chi connectivity index (χ1n) is 1.05. The summed E-state index contributed by atoms with van der Waals surface area (Å²) in [6.45, 7) is -0.0221. The molecule has 0 unspecified atom stereocenters. The van der Waals surface area contributed by atoms with E-state index in [0.717, 1.165) is 0 Å². The summed E-state index contributed by atoms with van der Waals surface area (Å²) < 4.78 is 3.54. The molecule has 0 heterocycles. The van der Waals surface area contributed by atoms with Gasteiger partial charge >= 0.3 is 8.60 Å². The van der Waals surface area contributed by atoms with Gasteiger partial charge in [0.25, 0.3) is 6.47 Å². The predicted molar refractivity (Wildman–Crippen MR) is 18.5 cm³/mol. The molecule has 2 N–H and O–H groups in total. The molecule has 0 aliphatic carbocycles. The van der Waals surface area contributed by atoms with Gasteiger partial charge in [-0.15, -0.1) is 0 Å². The molecule has 5 heteroatoms. The molecule has 0 saturated carbocycles. The van der Waals surface area contributed by atoms with Crippen molar-refractivity contribution in [3.8, 4) is 0 Å². The maximum atomic E-state index is 9.09. The van der Waals surface area contributed by atoms with Gasteiger partial charge in [0.05, 0.1) is 0 Å². The number of carbonyl (C=O) groups is 1. The van der Waals surface area contributed by atoms with Crippen molar-refractivity contribution < 1.29 is 19.1 Å². The molecule has 0 spiro atoms. The molecule has 0 saturated heterocycles. The van der Waals surface area contributed by atoms with Crippen molar-refractivity contribution in [2.24, 2.45) is 0 Å². The Bertz CT molecular complexity index is 42.8. The van der Waals surface area contributed by atoms with E-state index in [1.807, 2.05) is 0 Å². The van der Waals surface area contributed by atoms with Crippen LogP contribution in [0.25, 0.3) is 0 Å². The SMILES string of the molecule is O=COP(O)O. The van der Waals surface area contributed by atoms with Crippen LogP contribution in [-0.4, -0.2) is 16.3 Å². The highest BCUT2D eigenvalue weighted by Crippen LogP contribution is 2.21. The molecule has 0 aliphatic heterocycles. The lowest BCUT2D eigenvalue weighted by Crippen LogP contribution is -1.74. The van der Waals surface area contributed by atoms with Crippen LogP contribution in [0.4, 0.5) is 0 Å². The molecule has 4 nitrogen and oxygen atoms in total. The van der Waals surface area contributed by atoms with E-state index in [9.17, 15) is 0 Å². The minimum absolute atomic E-state index is 0.0221. The van der Waals surface area contributed by atoms with Crippen LogP contribution in [0.5, 0.6) is 0 Å². The normalized spacial score (nSPS) is 8.50. The summed E-state index contributed by atoms with van der Waals surface area (Å²) in [6, 6.07) is 0. The predicted octanol–water partition coefficient (Wildman–Crippen LogP) is -0.629. The summed E-state index contributed by atoms with van der Waals surface area (Å²) >= 11 is 0. The Kier molecular flexibility index (Phi) is 2.94. The van der Waals surface area contributed by atoms with Gasteiger partial charge in [-0.3, -0.25) is 4.79 Å². The highest BCUT2D eigenvalue weighted by molar-refractivity contribution is 7.39. The third kappa shape index (κ3) is 3.82. The van der Waals surface area contributed by atoms with Crippen molar-refractivity contribution in [2.45, 2.75) is 0 Å². The first kappa shape index (κ1) is 5.82. The molecule has 0 rings (SSSR count). The maximum Gasteiger partial charge on any atom is 0.393 e. The molecule has 0 atom stereocenters. The molecular weight excluding hydrogens is 107 g/mol. The smallest absolute Gasteiger partial charge is 0.393 e. The van der Waals surface area contributed by atoms with Crippen molar-refractivity contribution in [1.82, 2.24) is 0 Å². The van der Waals surface area contributed by atoms with Crippen LogP contribution in [0.15, 0.2) is 0 Å². The zero-order chi connectivity index (χ0) is 4.99. The van der Waals surface area contributed by atoms with Crippen LogP contribution in [0.2, 0.25) is 0 Å². The van der Waals surface area contributed by atoms with E-state index < -0.39 is 8.60 Å². The molecule has 0 aromatic heterocycles. The molecule has 36 valence electrons. The van der Waals surface area contributed by atoms with Crippen LogP contribution in [0, 0.1) is 0 Å². The lowest BCUT2D eigenvalue weighted by Gasteiger charge is -1.90. The highest BCUT2D eigenvalue weighted by atomic mass is 31.2. The zero-order valence-corrected chi connectivity index (χ0v) is 3.63. The highest BCUT2D eigenvalue weighted by Gasteiger charge is 1.92. The first-order valence-corrected chi connectivity index (χ1v) is 2.22. The topological polar surface area (TPSA) is 66.8 Å². The number of hydrogen-bond donors (Lipinski definition) is 2. The Morgan fingerprint density at radius 3 is 2.17 bits per heavy atom. The van der Waals surface area contributed by atoms with Crippen molar-refractivity contribution in [2.75, 3.05) is 0 Å². The molecule has 0 aromatic rings. The van der Waals surface area contributed by atoms with Crippen LogP contribution < -0.4 is 0 Å². The quantitative estimate of drug-likeness (QED) is 0.367. The van der Waals surface area contributed by atoms with E-state index in [0.29, 0.717) is 0 Å². The standard InChI is InChI=1S/CH3O4P/c2-1-5-6(3)4/h1,3-4H. The van der Waals surface area contributed by atoms with Gasteiger partial charge in [-0.25, -0.2) is 0 Å². The molecule has 0 fully saturated rings. The Labute approximate surface area is 35.4 Å². The second kappa shape index (κ2) is 3.03. The fourth-order valence-corrected chi connectivity index (χ4v) is 0.115. The maximum absolute atomic E-state index is 9.09. The van der Waals surface area contributed by atoms with Crippen molar-refractivity contribution >= 4 is 15.1 Å². The summed E-state index contributed by atoms with van der Waals surface area (Å²) in [5, 5.41) is 0. The van der Waals surface area contributed by atoms with E-state index in [-0.39, 0.29) is 6.47 Å². The van der Waals surface area contributed by atoms with Gasteiger partial charge in [0.15, 0.2) is 0 Å². The van der Waals surface area contributed by atoms with Crippen molar-refractivity contribution in [3.63, 3.8) is 0 Å². The summed E-state index contributed by atoms with van der Waals surface area (Å²) in [4.78, 5) is 24.5.